The topological polar surface area (TPSA) is 25.4 Å². The molecule has 0 fully saturated rings. The molecule has 5 heteroatoms. The molecule has 0 bridgehead atoms. The Morgan fingerprint density at radius 2 is 1.89 bits per heavy atom. The summed E-state index contributed by atoms with van der Waals surface area (Å²) in [6, 6.07) is 2.17. The maximum absolute atomic E-state index is 6.09. The van der Waals surface area contributed by atoms with Crippen LogP contribution in [0, 0.1) is 0 Å². The first-order chi connectivity index (χ1) is 8.62. The van der Waals surface area contributed by atoms with E-state index in [0.29, 0.717) is 7.48 Å². The lowest BCUT2D eigenvalue weighted by Gasteiger charge is -2.39. The number of aromatic nitrogens is 1. The van der Waals surface area contributed by atoms with Crippen LogP contribution in [0.15, 0.2) is 18.5 Å². The van der Waals surface area contributed by atoms with Gasteiger partial charge in [0.1, 0.15) is 7.85 Å². The summed E-state index contributed by atoms with van der Waals surface area (Å²) in [5.74, 6) is 0. The molecular formula is C14H26B2N2O. The molecule has 0 saturated heterocycles. The molecule has 0 unspecified atom stereocenters. The summed E-state index contributed by atoms with van der Waals surface area (Å²) in [6.45, 7) is 9.60. The first-order valence-electron chi connectivity index (χ1n) is 6.83. The second kappa shape index (κ2) is 6.10. The number of hydrogen-bond acceptors (Lipinski definition) is 3. The van der Waals surface area contributed by atoms with Crippen molar-refractivity contribution < 1.29 is 4.65 Å². The summed E-state index contributed by atoms with van der Waals surface area (Å²) in [4.78, 5) is 6.43. The van der Waals surface area contributed by atoms with E-state index in [1.807, 2.05) is 12.4 Å². The predicted octanol–water partition coefficient (Wildman–Crippen LogP) is 0.747. The van der Waals surface area contributed by atoms with Crippen LogP contribution in [0.4, 0.5) is 0 Å². The molecule has 0 amide bonds. The lowest BCUT2D eigenvalue weighted by Crippen LogP contribution is -2.40. The molecule has 3 nitrogen and oxygen atoms in total. The quantitative estimate of drug-likeness (QED) is 0.705. The molecule has 1 rings (SSSR count). The van der Waals surface area contributed by atoms with Gasteiger partial charge >= 0.3 is 7.48 Å². The van der Waals surface area contributed by atoms with E-state index in [4.69, 9.17) is 4.65 Å². The van der Waals surface area contributed by atoms with Gasteiger partial charge in [0.2, 0.25) is 0 Å². The zero-order valence-electron chi connectivity index (χ0n) is 13.4. The normalized spacial score (nSPS) is 12.8. The van der Waals surface area contributed by atoms with Crippen LogP contribution < -0.4 is 5.46 Å². The second-order valence-corrected chi connectivity index (χ2v) is 6.99. The van der Waals surface area contributed by atoms with E-state index in [1.54, 1.807) is 0 Å². The van der Waals surface area contributed by atoms with E-state index >= 15 is 0 Å². The molecule has 0 aliphatic heterocycles. The third kappa shape index (κ3) is 5.00. The molecule has 0 aromatic carbocycles. The molecule has 0 saturated carbocycles. The molecule has 1 aromatic rings. The first kappa shape index (κ1) is 16.3. The van der Waals surface area contributed by atoms with Crippen molar-refractivity contribution in [3.8, 4) is 0 Å². The Kier molecular flexibility index (Phi) is 5.22. The van der Waals surface area contributed by atoms with E-state index in [2.05, 4.69) is 65.6 Å². The Morgan fingerprint density at radius 3 is 2.42 bits per heavy atom. The van der Waals surface area contributed by atoms with Crippen molar-refractivity contribution in [3.05, 3.63) is 24.0 Å². The van der Waals surface area contributed by atoms with Gasteiger partial charge in [-0.2, -0.15) is 0 Å². The molecule has 0 spiro atoms. The molecule has 0 N–H and O–H groups in total. The SMILES string of the molecule is BC(C)(C)C(C)(C)OBc1cncc(CN(C)C)c1. The molecule has 19 heavy (non-hydrogen) atoms. The first-order valence-corrected chi connectivity index (χ1v) is 6.83. The van der Waals surface area contributed by atoms with Crippen LogP contribution in [0.2, 0.25) is 5.31 Å². The van der Waals surface area contributed by atoms with Crippen LogP contribution in [-0.2, 0) is 11.2 Å². The van der Waals surface area contributed by atoms with Gasteiger partial charge in [0.15, 0.2) is 0 Å². The lowest BCUT2D eigenvalue weighted by molar-refractivity contribution is 0.0767. The highest BCUT2D eigenvalue weighted by molar-refractivity contribution is 6.47. The number of hydrogen-bond donors (Lipinski definition) is 0. The molecule has 0 aliphatic carbocycles. The summed E-state index contributed by atoms with van der Waals surface area (Å²) in [6.07, 6.45) is 3.80. The maximum atomic E-state index is 6.09. The maximum Gasteiger partial charge on any atom is 0.310 e. The van der Waals surface area contributed by atoms with Crippen molar-refractivity contribution in [2.75, 3.05) is 14.1 Å². The summed E-state index contributed by atoms with van der Waals surface area (Å²) in [7, 11) is 6.93. The van der Waals surface area contributed by atoms with Crippen molar-refractivity contribution in [2.24, 2.45) is 0 Å². The number of rotatable bonds is 6. The molecule has 104 valence electrons. The van der Waals surface area contributed by atoms with Crippen molar-refractivity contribution in [1.29, 1.82) is 0 Å². The van der Waals surface area contributed by atoms with Crippen molar-refractivity contribution in [2.45, 2.75) is 45.2 Å². The summed E-state index contributed by atoms with van der Waals surface area (Å²) in [5.41, 5.74) is 2.20. The van der Waals surface area contributed by atoms with Crippen LogP contribution in [-0.4, -0.2) is 44.9 Å². The van der Waals surface area contributed by atoms with Crippen LogP contribution in [0.3, 0.4) is 0 Å². The van der Waals surface area contributed by atoms with Crippen LogP contribution in [0.25, 0.3) is 0 Å². The van der Waals surface area contributed by atoms with E-state index in [0.717, 1.165) is 12.0 Å². The van der Waals surface area contributed by atoms with Gasteiger partial charge in [-0.25, -0.2) is 0 Å². The minimum atomic E-state index is -0.162. The van der Waals surface area contributed by atoms with Gasteiger partial charge in [0.25, 0.3) is 0 Å². The average Bonchev–Trinajstić information content (AvgIpc) is 2.24. The highest BCUT2D eigenvalue weighted by Gasteiger charge is 2.33. The van der Waals surface area contributed by atoms with Crippen molar-refractivity contribution in [3.63, 3.8) is 0 Å². The van der Waals surface area contributed by atoms with Crippen LogP contribution in [0.1, 0.15) is 33.3 Å². The molecule has 0 radical (unpaired) electrons. The average molecular weight is 260 g/mol. The molecule has 1 heterocycles. The number of nitrogens with zero attached hydrogens (tertiary/aromatic N) is 2. The molecule has 0 atom stereocenters. The fourth-order valence-electron chi connectivity index (χ4n) is 1.55. The van der Waals surface area contributed by atoms with E-state index in [1.165, 1.54) is 5.56 Å². The van der Waals surface area contributed by atoms with Gasteiger partial charge in [0.05, 0.1) is 0 Å². The minimum absolute atomic E-state index is 0.113. The van der Waals surface area contributed by atoms with Crippen molar-refractivity contribution in [1.82, 2.24) is 9.88 Å². The molecular weight excluding hydrogens is 234 g/mol. The zero-order valence-corrected chi connectivity index (χ0v) is 13.4. The fraction of sp³-hybridized carbons (Fsp3) is 0.643. The van der Waals surface area contributed by atoms with E-state index in [-0.39, 0.29) is 10.9 Å². The van der Waals surface area contributed by atoms with E-state index < -0.39 is 0 Å². The molecule has 0 aliphatic rings. The second-order valence-electron chi connectivity index (χ2n) is 6.99. The molecule has 1 aromatic heterocycles. The monoisotopic (exact) mass is 260 g/mol. The standard InChI is InChI=1S/C14H26B2N2O/c1-13(2,15)14(3,4)19-16-12-7-11(8-17-9-12)10-18(5)6/h7-9,16H,10,15H2,1-6H3. The fourth-order valence-corrected chi connectivity index (χ4v) is 1.55. The third-order valence-electron chi connectivity index (χ3n) is 3.76. The van der Waals surface area contributed by atoms with Gasteiger partial charge in [-0.1, -0.05) is 19.9 Å². The third-order valence-corrected chi connectivity index (χ3v) is 3.76. The van der Waals surface area contributed by atoms with Gasteiger partial charge in [-0.15, -0.1) is 0 Å². The largest absolute Gasteiger partial charge is 0.430 e. The smallest absolute Gasteiger partial charge is 0.310 e. The highest BCUT2D eigenvalue weighted by atomic mass is 16.5. The van der Waals surface area contributed by atoms with Gasteiger partial charge in [-0.3, -0.25) is 4.98 Å². The Labute approximate surface area is 119 Å². The minimum Gasteiger partial charge on any atom is -0.430 e. The van der Waals surface area contributed by atoms with Gasteiger partial charge < -0.3 is 9.55 Å². The summed E-state index contributed by atoms with van der Waals surface area (Å²) < 4.78 is 6.09. The zero-order chi connectivity index (χ0) is 14.7. The lowest BCUT2D eigenvalue weighted by atomic mass is 9.61. The van der Waals surface area contributed by atoms with Crippen LogP contribution >= 0.6 is 0 Å². The summed E-state index contributed by atoms with van der Waals surface area (Å²) >= 11 is 0. The Hall–Kier alpha value is -0.800. The predicted molar refractivity (Wildman–Crippen MR) is 86.2 cm³/mol. The van der Waals surface area contributed by atoms with Gasteiger partial charge in [0, 0.05) is 24.5 Å². The Bertz CT molecular complexity index is 414. The van der Waals surface area contributed by atoms with E-state index in [9.17, 15) is 0 Å². The Balaban J connectivity index is 2.68. The summed E-state index contributed by atoms with van der Waals surface area (Å²) in [5, 5.41) is 0.113. The number of pyridine rings is 1. The Morgan fingerprint density at radius 1 is 1.26 bits per heavy atom. The van der Waals surface area contributed by atoms with Crippen LogP contribution in [0.5, 0.6) is 0 Å². The van der Waals surface area contributed by atoms with Gasteiger partial charge in [-0.05, 0) is 44.3 Å². The highest BCUT2D eigenvalue weighted by Crippen LogP contribution is 2.36. The van der Waals surface area contributed by atoms with Crippen molar-refractivity contribution >= 4 is 20.8 Å².